The molecular weight excluding hydrogens is 398 g/mol. The summed E-state index contributed by atoms with van der Waals surface area (Å²) in [6.07, 6.45) is -0.361. The number of hydrogen-bond donors (Lipinski definition) is 0. The van der Waals surface area contributed by atoms with Gasteiger partial charge in [-0.3, -0.25) is 14.5 Å². The van der Waals surface area contributed by atoms with Crippen LogP contribution in [0.15, 0.2) is 48.5 Å². The van der Waals surface area contributed by atoms with E-state index >= 15 is 0 Å². The summed E-state index contributed by atoms with van der Waals surface area (Å²) in [6, 6.07) is 14.9. The molecule has 0 aliphatic carbocycles. The second-order valence-electron chi connectivity index (χ2n) is 8.64. The fourth-order valence-corrected chi connectivity index (χ4v) is 4.47. The third kappa shape index (κ3) is 3.57. The molecule has 31 heavy (non-hydrogen) atoms. The van der Waals surface area contributed by atoms with Crippen LogP contribution < -0.4 is 0 Å². The van der Waals surface area contributed by atoms with Crippen LogP contribution in [0.4, 0.5) is 0 Å². The summed E-state index contributed by atoms with van der Waals surface area (Å²) >= 11 is 0. The van der Waals surface area contributed by atoms with Crippen LogP contribution in [0.1, 0.15) is 52.1 Å². The Balaban J connectivity index is 1.37. The monoisotopic (exact) mass is 423 g/mol. The smallest absolute Gasteiger partial charge is 0.261 e. The van der Waals surface area contributed by atoms with Gasteiger partial charge in [0.25, 0.3) is 11.8 Å². The minimum Gasteiger partial charge on any atom is -0.347 e. The van der Waals surface area contributed by atoms with Crippen molar-refractivity contribution in [1.29, 1.82) is 0 Å². The largest absolute Gasteiger partial charge is 0.347 e. The number of nitrogens with zero attached hydrogens (tertiary/aromatic N) is 1. The average Bonchev–Trinajstić information content (AvgIpc) is 3.09. The van der Waals surface area contributed by atoms with Crippen LogP contribution in [-0.4, -0.2) is 47.5 Å². The van der Waals surface area contributed by atoms with E-state index in [9.17, 15) is 9.59 Å². The molecule has 0 saturated carbocycles. The molecule has 2 amide bonds. The Morgan fingerprint density at radius 2 is 1.45 bits per heavy atom. The van der Waals surface area contributed by atoms with Gasteiger partial charge in [-0.25, -0.2) is 0 Å². The molecule has 1 unspecified atom stereocenters. The fraction of sp³-hybridized carbons (Fsp3) is 0.417. The predicted octanol–water partition coefficient (Wildman–Crippen LogP) is 3.27. The van der Waals surface area contributed by atoms with Crippen molar-refractivity contribution in [2.75, 3.05) is 13.2 Å². The van der Waals surface area contributed by atoms with Crippen LogP contribution in [0, 0.1) is 0 Å². The number of imide groups is 1. The van der Waals surface area contributed by atoms with Gasteiger partial charge in [0.15, 0.2) is 12.1 Å². The zero-order valence-corrected chi connectivity index (χ0v) is 17.6. The second-order valence-corrected chi connectivity index (χ2v) is 8.64. The van der Waals surface area contributed by atoms with Crippen molar-refractivity contribution in [2.45, 2.75) is 51.2 Å². The highest BCUT2D eigenvalue weighted by Crippen LogP contribution is 2.40. The second kappa shape index (κ2) is 7.53. The summed E-state index contributed by atoms with van der Waals surface area (Å²) in [5, 5.41) is 0. The van der Waals surface area contributed by atoms with Crippen LogP contribution in [-0.2, 0) is 32.2 Å². The standard InChI is InChI=1S/C24H25NO6/c1-23(2)30-15-24(31-23,22-28-13-16-7-3-4-8-17(16)14-29-22)11-12-25-20(26)18-9-5-6-10-19(18)21(25)27/h3-10,22H,11-15H2,1-2H3. The van der Waals surface area contributed by atoms with E-state index < -0.39 is 17.7 Å². The molecule has 0 N–H and O–H groups in total. The van der Waals surface area contributed by atoms with E-state index in [-0.39, 0.29) is 25.0 Å². The maximum absolute atomic E-state index is 12.8. The first-order valence-corrected chi connectivity index (χ1v) is 10.5. The molecule has 3 aliphatic rings. The van der Waals surface area contributed by atoms with Gasteiger partial charge < -0.3 is 18.9 Å². The fourth-order valence-electron chi connectivity index (χ4n) is 4.47. The SMILES string of the molecule is CC1(C)OCC(CCN2C(=O)c3ccccc3C2=O)(C2OCc3ccccc3CO2)O1. The zero-order chi connectivity index (χ0) is 21.6. The number of carbonyl (C=O) groups excluding carboxylic acids is 2. The van der Waals surface area contributed by atoms with Gasteiger partial charge in [0.2, 0.25) is 0 Å². The Morgan fingerprint density at radius 3 is 1.97 bits per heavy atom. The summed E-state index contributed by atoms with van der Waals surface area (Å²) in [7, 11) is 0. The number of amides is 2. The van der Waals surface area contributed by atoms with Gasteiger partial charge in [-0.05, 0) is 37.1 Å². The third-order valence-electron chi connectivity index (χ3n) is 6.08. The Hall–Kier alpha value is -2.58. The van der Waals surface area contributed by atoms with Gasteiger partial charge in [-0.15, -0.1) is 0 Å². The van der Waals surface area contributed by atoms with Gasteiger partial charge in [0.1, 0.15) is 5.60 Å². The van der Waals surface area contributed by atoms with Crippen molar-refractivity contribution in [2.24, 2.45) is 0 Å². The molecule has 0 aromatic heterocycles. The van der Waals surface area contributed by atoms with Crippen molar-refractivity contribution >= 4 is 11.8 Å². The third-order valence-corrected chi connectivity index (χ3v) is 6.08. The van der Waals surface area contributed by atoms with Gasteiger partial charge in [0, 0.05) is 13.0 Å². The van der Waals surface area contributed by atoms with E-state index in [2.05, 4.69) is 0 Å². The molecule has 0 bridgehead atoms. The van der Waals surface area contributed by atoms with Gasteiger partial charge >= 0.3 is 0 Å². The Bertz CT molecular complexity index is 972. The molecule has 0 spiro atoms. The topological polar surface area (TPSA) is 74.3 Å². The Kier molecular flexibility index (Phi) is 4.94. The molecule has 3 heterocycles. The lowest BCUT2D eigenvalue weighted by atomic mass is 9.99. The lowest BCUT2D eigenvalue weighted by Gasteiger charge is -2.36. The molecule has 1 fully saturated rings. The first kappa shape index (κ1) is 20.3. The van der Waals surface area contributed by atoms with Crippen molar-refractivity contribution in [3.05, 3.63) is 70.8 Å². The van der Waals surface area contributed by atoms with Crippen molar-refractivity contribution in [3.8, 4) is 0 Å². The number of fused-ring (bicyclic) bond motifs is 2. The molecule has 1 saturated heterocycles. The highest BCUT2D eigenvalue weighted by atomic mass is 16.8. The minimum absolute atomic E-state index is 0.182. The Labute approximate surface area is 180 Å². The molecule has 2 aromatic carbocycles. The van der Waals surface area contributed by atoms with E-state index in [1.165, 1.54) is 4.90 Å². The highest BCUT2D eigenvalue weighted by molar-refractivity contribution is 6.21. The maximum atomic E-state index is 12.8. The zero-order valence-electron chi connectivity index (χ0n) is 17.6. The molecule has 7 heteroatoms. The van der Waals surface area contributed by atoms with E-state index in [1.807, 2.05) is 38.1 Å². The first-order valence-electron chi connectivity index (χ1n) is 10.5. The quantitative estimate of drug-likeness (QED) is 0.703. The van der Waals surface area contributed by atoms with E-state index in [0.29, 0.717) is 30.8 Å². The molecule has 162 valence electrons. The molecule has 1 atom stereocenters. The molecule has 0 radical (unpaired) electrons. The molecule has 3 aliphatic heterocycles. The lowest BCUT2D eigenvalue weighted by Crippen LogP contribution is -2.50. The minimum atomic E-state index is -0.944. The summed E-state index contributed by atoms with van der Waals surface area (Å²) in [5.41, 5.74) is 2.06. The van der Waals surface area contributed by atoms with E-state index in [4.69, 9.17) is 18.9 Å². The van der Waals surface area contributed by atoms with Crippen LogP contribution >= 0.6 is 0 Å². The van der Waals surface area contributed by atoms with Crippen LogP contribution in [0.3, 0.4) is 0 Å². The van der Waals surface area contributed by atoms with Crippen LogP contribution in [0.2, 0.25) is 0 Å². The Morgan fingerprint density at radius 1 is 0.903 bits per heavy atom. The van der Waals surface area contributed by atoms with Gasteiger partial charge in [-0.2, -0.15) is 0 Å². The number of carbonyl (C=O) groups is 2. The predicted molar refractivity (Wildman–Crippen MR) is 110 cm³/mol. The maximum Gasteiger partial charge on any atom is 0.261 e. The highest BCUT2D eigenvalue weighted by Gasteiger charge is 2.53. The van der Waals surface area contributed by atoms with E-state index in [1.54, 1.807) is 24.3 Å². The van der Waals surface area contributed by atoms with Gasteiger partial charge in [0.05, 0.1) is 30.9 Å². The first-order chi connectivity index (χ1) is 14.9. The molecule has 5 rings (SSSR count). The molecule has 2 aromatic rings. The van der Waals surface area contributed by atoms with Crippen LogP contribution in [0.5, 0.6) is 0 Å². The summed E-state index contributed by atoms with van der Waals surface area (Å²) in [5.74, 6) is -1.40. The van der Waals surface area contributed by atoms with Crippen molar-refractivity contribution < 1.29 is 28.5 Å². The number of hydrogen-bond acceptors (Lipinski definition) is 6. The van der Waals surface area contributed by atoms with Crippen molar-refractivity contribution in [3.63, 3.8) is 0 Å². The van der Waals surface area contributed by atoms with Crippen LogP contribution in [0.25, 0.3) is 0 Å². The van der Waals surface area contributed by atoms with E-state index in [0.717, 1.165) is 11.1 Å². The lowest BCUT2D eigenvalue weighted by molar-refractivity contribution is -0.268. The molecular formula is C24H25NO6. The normalized spacial score (nSPS) is 25.4. The van der Waals surface area contributed by atoms with Crippen molar-refractivity contribution in [1.82, 2.24) is 4.90 Å². The molecule has 7 nitrogen and oxygen atoms in total. The van der Waals surface area contributed by atoms with Gasteiger partial charge in [-0.1, -0.05) is 36.4 Å². The average molecular weight is 423 g/mol. The summed E-state index contributed by atoms with van der Waals surface area (Å²) in [4.78, 5) is 26.9. The summed E-state index contributed by atoms with van der Waals surface area (Å²) < 4.78 is 24.5. The summed E-state index contributed by atoms with van der Waals surface area (Å²) in [6.45, 7) is 4.87. The number of benzene rings is 2. The number of ether oxygens (including phenoxy) is 4. The number of rotatable bonds is 4.